The van der Waals surface area contributed by atoms with E-state index in [0.717, 1.165) is 23.8 Å². The SMILES string of the molecule is CC1=Cc2c(C34CC5C[C](CC(C5)C3)C43CC3)ccc(F)c2C1. The summed E-state index contributed by atoms with van der Waals surface area (Å²) in [4.78, 5) is 0. The van der Waals surface area contributed by atoms with Gasteiger partial charge in [-0.3, -0.25) is 0 Å². The Balaban J connectivity index is 1.60. The Hall–Kier alpha value is -1.11. The van der Waals surface area contributed by atoms with Crippen molar-refractivity contribution in [3.8, 4) is 0 Å². The van der Waals surface area contributed by atoms with Gasteiger partial charge in [-0.1, -0.05) is 17.7 Å². The molecule has 119 valence electrons. The second-order valence-corrected chi connectivity index (χ2v) is 9.21. The van der Waals surface area contributed by atoms with E-state index < -0.39 is 0 Å². The van der Waals surface area contributed by atoms with Gasteiger partial charge in [-0.2, -0.15) is 0 Å². The van der Waals surface area contributed by atoms with Gasteiger partial charge >= 0.3 is 0 Å². The third-order valence-corrected chi connectivity index (χ3v) is 8.02. The van der Waals surface area contributed by atoms with Crippen molar-refractivity contribution in [3.63, 3.8) is 0 Å². The lowest BCUT2D eigenvalue weighted by Crippen LogP contribution is -2.56. The highest BCUT2D eigenvalue weighted by atomic mass is 19.1. The van der Waals surface area contributed by atoms with E-state index in [1.165, 1.54) is 61.6 Å². The van der Waals surface area contributed by atoms with Crippen molar-refractivity contribution in [2.24, 2.45) is 17.3 Å². The van der Waals surface area contributed by atoms with Gasteiger partial charge in [0, 0.05) is 5.41 Å². The molecule has 0 saturated heterocycles. The molecule has 1 heteroatoms. The third-order valence-electron chi connectivity index (χ3n) is 8.02. The summed E-state index contributed by atoms with van der Waals surface area (Å²) in [6.45, 7) is 2.16. The first-order chi connectivity index (χ1) is 11.1. The van der Waals surface area contributed by atoms with Crippen LogP contribution in [0, 0.1) is 29.0 Å². The number of hydrogen-bond donors (Lipinski definition) is 0. The van der Waals surface area contributed by atoms with Crippen molar-refractivity contribution in [3.05, 3.63) is 46.1 Å². The third kappa shape index (κ3) is 1.44. The maximum atomic E-state index is 14.4. The fraction of sp³-hybridized carbons (Fsp3) is 0.591. The van der Waals surface area contributed by atoms with Gasteiger partial charge in [-0.25, -0.2) is 4.39 Å². The molecule has 0 nitrogen and oxygen atoms in total. The van der Waals surface area contributed by atoms with Gasteiger partial charge < -0.3 is 0 Å². The Labute approximate surface area is 138 Å². The molecule has 1 radical (unpaired) electrons. The van der Waals surface area contributed by atoms with Gasteiger partial charge in [0.05, 0.1) is 0 Å². The molecule has 2 atom stereocenters. The summed E-state index contributed by atoms with van der Waals surface area (Å²) in [6, 6.07) is 3.96. The van der Waals surface area contributed by atoms with Gasteiger partial charge in [0.15, 0.2) is 0 Å². The highest BCUT2D eigenvalue weighted by Gasteiger charge is 2.71. The van der Waals surface area contributed by atoms with E-state index in [1.807, 2.05) is 5.92 Å². The van der Waals surface area contributed by atoms with Crippen LogP contribution in [0.3, 0.4) is 0 Å². The highest BCUT2D eigenvalue weighted by molar-refractivity contribution is 5.69. The zero-order chi connectivity index (χ0) is 15.4. The number of hydrogen-bond acceptors (Lipinski definition) is 0. The normalized spacial score (nSPS) is 39.0. The summed E-state index contributed by atoms with van der Waals surface area (Å²) in [7, 11) is 0. The van der Waals surface area contributed by atoms with E-state index in [0.29, 0.717) is 10.8 Å². The maximum absolute atomic E-state index is 14.4. The molecule has 4 bridgehead atoms. The molecule has 1 aromatic carbocycles. The number of fused-ring (bicyclic) bond motifs is 1. The van der Waals surface area contributed by atoms with E-state index in [1.54, 1.807) is 6.07 Å². The van der Waals surface area contributed by atoms with Crippen molar-refractivity contribution < 1.29 is 4.39 Å². The fourth-order valence-corrected chi connectivity index (χ4v) is 7.33. The average molecular weight is 307 g/mol. The van der Waals surface area contributed by atoms with Crippen molar-refractivity contribution in [2.45, 2.75) is 63.7 Å². The number of benzene rings is 1. The largest absolute Gasteiger partial charge is 0.207 e. The molecule has 0 heterocycles. The summed E-state index contributed by atoms with van der Waals surface area (Å²) < 4.78 is 14.4. The van der Waals surface area contributed by atoms with Gasteiger partial charge in [-0.15, -0.1) is 0 Å². The fourth-order valence-electron chi connectivity index (χ4n) is 7.33. The van der Waals surface area contributed by atoms with E-state index >= 15 is 0 Å². The second kappa shape index (κ2) is 3.92. The first-order valence-corrected chi connectivity index (χ1v) is 9.45. The molecule has 6 aliphatic carbocycles. The first kappa shape index (κ1) is 13.2. The van der Waals surface area contributed by atoms with Crippen molar-refractivity contribution >= 4 is 6.08 Å². The van der Waals surface area contributed by atoms with Gasteiger partial charge in [-0.05, 0) is 104 Å². The van der Waals surface area contributed by atoms with Crippen LogP contribution in [-0.2, 0) is 11.8 Å². The smallest absolute Gasteiger partial charge is 0.127 e. The molecule has 6 aliphatic rings. The second-order valence-electron chi connectivity index (χ2n) is 9.21. The van der Waals surface area contributed by atoms with Gasteiger partial charge in [0.2, 0.25) is 0 Å². The molecular weight excluding hydrogens is 283 g/mol. The Bertz CT molecular complexity index is 737. The molecule has 1 aromatic rings. The number of allylic oxidation sites excluding steroid dienone is 1. The lowest BCUT2D eigenvalue weighted by molar-refractivity contribution is -0.00246. The van der Waals surface area contributed by atoms with Crippen LogP contribution in [0.2, 0.25) is 0 Å². The summed E-state index contributed by atoms with van der Waals surface area (Å²) in [6.07, 6.45) is 12.9. The molecule has 0 aromatic heterocycles. The van der Waals surface area contributed by atoms with Gasteiger partial charge in [0.25, 0.3) is 0 Å². The predicted molar refractivity (Wildman–Crippen MR) is 90.4 cm³/mol. The van der Waals surface area contributed by atoms with E-state index in [4.69, 9.17) is 0 Å². The molecule has 5 saturated carbocycles. The quantitative estimate of drug-likeness (QED) is 0.633. The van der Waals surface area contributed by atoms with Crippen LogP contribution in [0.15, 0.2) is 17.7 Å². The summed E-state index contributed by atoms with van der Waals surface area (Å²) in [5.74, 6) is 3.75. The molecule has 0 aliphatic heterocycles. The van der Waals surface area contributed by atoms with E-state index in [2.05, 4.69) is 19.1 Å². The van der Waals surface area contributed by atoms with Crippen molar-refractivity contribution in [1.29, 1.82) is 0 Å². The Morgan fingerprint density at radius 3 is 2.48 bits per heavy atom. The summed E-state index contributed by atoms with van der Waals surface area (Å²) >= 11 is 0. The van der Waals surface area contributed by atoms with Crippen molar-refractivity contribution in [2.75, 3.05) is 0 Å². The molecule has 1 spiro atoms. The minimum absolute atomic E-state index is 0.0130. The van der Waals surface area contributed by atoms with E-state index in [9.17, 15) is 4.39 Å². The first-order valence-electron chi connectivity index (χ1n) is 9.45. The van der Waals surface area contributed by atoms with Crippen molar-refractivity contribution in [1.82, 2.24) is 0 Å². The van der Waals surface area contributed by atoms with E-state index in [-0.39, 0.29) is 5.82 Å². The number of rotatable bonds is 1. The minimum atomic E-state index is 0.0130. The van der Waals surface area contributed by atoms with Crippen LogP contribution in [-0.4, -0.2) is 0 Å². The lowest BCUT2D eigenvalue weighted by Gasteiger charge is -2.63. The lowest BCUT2D eigenvalue weighted by atomic mass is 9.41. The minimum Gasteiger partial charge on any atom is -0.207 e. The predicted octanol–water partition coefficient (Wildman–Crippen LogP) is 5.60. The molecular formula is C22H24F. The highest BCUT2D eigenvalue weighted by Crippen LogP contribution is 2.79. The number of halogens is 1. The molecule has 5 fully saturated rings. The van der Waals surface area contributed by atoms with Crippen LogP contribution >= 0.6 is 0 Å². The topological polar surface area (TPSA) is 0 Å². The molecule has 2 unspecified atom stereocenters. The molecule has 23 heavy (non-hydrogen) atoms. The average Bonchev–Trinajstić information content (AvgIpc) is 3.21. The Morgan fingerprint density at radius 2 is 1.78 bits per heavy atom. The molecule has 0 amide bonds. The zero-order valence-corrected chi connectivity index (χ0v) is 13.9. The van der Waals surface area contributed by atoms with Crippen LogP contribution in [0.5, 0.6) is 0 Å². The summed E-state index contributed by atoms with van der Waals surface area (Å²) in [5.41, 5.74) is 5.97. The van der Waals surface area contributed by atoms with Crippen LogP contribution < -0.4 is 0 Å². The van der Waals surface area contributed by atoms with Crippen LogP contribution in [0.4, 0.5) is 4.39 Å². The maximum Gasteiger partial charge on any atom is 0.127 e. The zero-order valence-electron chi connectivity index (χ0n) is 13.9. The van der Waals surface area contributed by atoms with Crippen LogP contribution in [0.25, 0.3) is 6.08 Å². The Morgan fingerprint density at radius 1 is 1.04 bits per heavy atom. The monoisotopic (exact) mass is 307 g/mol. The Kier molecular flexibility index (Phi) is 2.25. The standard InChI is InChI=1S/C22H24F/c1-13-6-17-18(7-13)20(23)3-2-19(17)22-11-14-8-15(12-22)10-16(9-14)21(22)4-5-21/h2-3,6,14-15H,4-5,7-12H2,1H3. The van der Waals surface area contributed by atoms with Crippen LogP contribution in [0.1, 0.15) is 68.6 Å². The summed E-state index contributed by atoms with van der Waals surface area (Å²) in [5, 5.41) is 0. The molecule has 0 N–H and O–H groups in total. The molecule has 7 rings (SSSR count). The van der Waals surface area contributed by atoms with Gasteiger partial charge in [0.1, 0.15) is 5.82 Å².